The highest BCUT2D eigenvalue weighted by Gasteiger charge is 2.28. The van der Waals surface area contributed by atoms with Crippen molar-refractivity contribution in [2.45, 2.75) is 13.0 Å². The van der Waals surface area contributed by atoms with Crippen LogP contribution in [0.4, 0.5) is 17.2 Å². The summed E-state index contributed by atoms with van der Waals surface area (Å²) >= 11 is 0. The molecule has 1 atom stereocenters. The summed E-state index contributed by atoms with van der Waals surface area (Å²) < 4.78 is 1.71. The van der Waals surface area contributed by atoms with Gasteiger partial charge in [-0.2, -0.15) is 5.10 Å². The number of fused-ring (bicyclic) bond motifs is 1. The Morgan fingerprint density at radius 2 is 1.93 bits per heavy atom. The van der Waals surface area contributed by atoms with E-state index in [-0.39, 0.29) is 17.3 Å². The van der Waals surface area contributed by atoms with Crippen molar-refractivity contribution in [3.05, 3.63) is 46.9 Å². The average Bonchev–Trinajstić information content (AvgIpc) is 3.14. The molecule has 0 aliphatic carbocycles. The van der Waals surface area contributed by atoms with E-state index in [9.17, 15) is 14.9 Å². The molecule has 0 unspecified atom stereocenters. The third-order valence-corrected chi connectivity index (χ3v) is 5.41. The molecule has 0 radical (unpaired) electrons. The van der Waals surface area contributed by atoms with Gasteiger partial charge in [0.25, 0.3) is 5.69 Å². The summed E-state index contributed by atoms with van der Waals surface area (Å²) in [6.07, 6.45) is 3.30. The highest BCUT2D eigenvalue weighted by molar-refractivity contribution is 5.96. The molecule has 156 valence electrons. The Bertz CT molecular complexity index is 1090. The number of para-hydroxylation sites is 2. The third-order valence-electron chi connectivity index (χ3n) is 5.41. The van der Waals surface area contributed by atoms with E-state index in [4.69, 9.17) is 0 Å². The minimum atomic E-state index is -0.500. The number of piperazine rings is 1. The molecule has 2 aromatic heterocycles. The number of nitro groups is 1. The van der Waals surface area contributed by atoms with Gasteiger partial charge in [-0.3, -0.25) is 24.5 Å². The van der Waals surface area contributed by atoms with E-state index in [2.05, 4.69) is 30.2 Å². The fourth-order valence-corrected chi connectivity index (χ4v) is 3.66. The van der Waals surface area contributed by atoms with Gasteiger partial charge < -0.3 is 10.2 Å². The Morgan fingerprint density at radius 3 is 2.67 bits per heavy atom. The van der Waals surface area contributed by atoms with Crippen molar-refractivity contribution in [2.24, 2.45) is 7.05 Å². The fraction of sp³-hybridized carbons (Fsp3) is 0.368. The standard InChI is InChI=1S/C19H22N8O3/c1-13(19(28)23-15-5-3-4-6-16(15)27(29)30)25-7-9-26(10-8-25)18-14-11-22-24(2)17(14)20-12-21-18/h3-6,11-13H,7-10H2,1-2H3,(H,23,28)/t13-/m1/s1. The zero-order valence-electron chi connectivity index (χ0n) is 16.7. The number of aromatic nitrogens is 4. The van der Waals surface area contributed by atoms with Crippen LogP contribution in [0.25, 0.3) is 11.0 Å². The quantitative estimate of drug-likeness (QED) is 0.495. The molecule has 3 aromatic rings. The van der Waals surface area contributed by atoms with Gasteiger partial charge in [0, 0.05) is 39.3 Å². The second-order valence-corrected chi connectivity index (χ2v) is 7.17. The van der Waals surface area contributed by atoms with Crippen LogP contribution in [-0.4, -0.2) is 67.7 Å². The second-order valence-electron chi connectivity index (χ2n) is 7.17. The van der Waals surface area contributed by atoms with Crippen molar-refractivity contribution in [3.8, 4) is 0 Å². The molecule has 11 heteroatoms. The predicted octanol–water partition coefficient (Wildman–Crippen LogP) is 1.42. The first-order valence-electron chi connectivity index (χ1n) is 9.61. The highest BCUT2D eigenvalue weighted by atomic mass is 16.6. The maximum absolute atomic E-state index is 12.7. The summed E-state index contributed by atoms with van der Waals surface area (Å²) in [5.41, 5.74) is 0.865. The summed E-state index contributed by atoms with van der Waals surface area (Å²) in [5.74, 6) is 0.569. The normalized spacial score (nSPS) is 15.9. The number of nitro benzene ring substituents is 1. The van der Waals surface area contributed by atoms with Gasteiger partial charge in [-0.05, 0) is 13.0 Å². The summed E-state index contributed by atoms with van der Waals surface area (Å²) in [5, 5.41) is 19.0. The molecule has 0 bridgehead atoms. The molecule has 1 aromatic carbocycles. The lowest BCUT2D eigenvalue weighted by molar-refractivity contribution is -0.383. The molecule has 1 fully saturated rings. The number of carbonyl (C=O) groups excluding carboxylic acids is 1. The summed E-state index contributed by atoms with van der Waals surface area (Å²) in [7, 11) is 1.84. The number of hydrogen-bond donors (Lipinski definition) is 1. The van der Waals surface area contributed by atoms with Gasteiger partial charge in [0.05, 0.1) is 22.5 Å². The molecule has 4 rings (SSSR count). The molecule has 1 aliphatic rings. The van der Waals surface area contributed by atoms with E-state index >= 15 is 0 Å². The van der Waals surface area contributed by atoms with Crippen molar-refractivity contribution < 1.29 is 9.72 Å². The molecule has 0 spiro atoms. The summed E-state index contributed by atoms with van der Waals surface area (Å²) in [4.78, 5) is 36.3. The monoisotopic (exact) mass is 410 g/mol. The number of nitrogens with one attached hydrogen (secondary N) is 1. The first-order valence-corrected chi connectivity index (χ1v) is 9.61. The van der Waals surface area contributed by atoms with Crippen LogP contribution in [0.2, 0.25) is 0 Å². The van der Waals surface area contributed by atoms with Gasteiger partial charge in [0.1, 0.15) is 17.8 Å². The van der Waals surface area contributed by atoms with Crippen LogP contribution in [0.15, 0.2) is 36.8 Å². The Labute approximate surface area is 172 Å². The largest absolute Gasteiger partial charge is 0.353 e. The van der Waals surface area contributed by atoms with E-state index < -0.39 is 11.0 Å². The molecule has 30 heavy (non-hydrogen) atoms. The summed E-state index contributed by atoms with van der Waals surface area (Å²) in [6.45, 7) is 4.53. The van der Waals surface area contributed by atoms with E-state index in [1.54, 1.807) is 23.0 Å². The molecule has 1 N–H and O–H groups in total. The Balaban J connectivity index is 1.41. The Morgan fingerprint density at radius 1 is 1.20 bits per heavy atom. The van der Waals surface area contributed by atoms with E-state index in [1.807, 2.05) is 14.0 Å². The molecule has 1 aliphatic heterocycles. The lowest BCUT2D eigenvalue weighted by Crippen LogP contribution is -2.53. The van der Waals surface area contributed by atoms with Crippen LogP contribution >= 0.6 is 0 Å². The van der Waals surface area contributed by atoms with Gasteiger partial charge in [0.2, 0.25) is 5.91 Å². The second kappa shape index (κ2) is 8.03. The van der Waals surface area contributed by atoms with Crippen molar-refractivity contribution in [1.82, 2.24) is 24.6 Å². The fourth-order valence-electron chi connectivity index (χ4n) is 3.66. The molecule has 11 nitrogen and oxygen atoms in total. The van der Waals surface area contributed by atoms with Gasteiger partial charge in [-0.25, -0.2) is 9.97 Å². The van der Waals surface area contributed by atoms with Gasteiger partial charge in [0.15, 0.2) is 5.65 Å². The zero-order chi connectivity index (χ0) is 21.3. The number of anilines is 2. The van der Waals surface area contributed by atoms with Gasteiger partial charge >= 0.3 is 0 Å². The third kappa shape index (κ3) is 3.66. The molecular formula is C19H22N8O3. The number of benzene rings is 1. The minimum Gasteiger partial charge on any atom is -0.353 e. The van der Waals surface area contributed by atoms with E-state index in [1.165, 1.54) is 18.5 Å². The van der Waals surface area contributed by atoms with Gasteiger partial charge in [-0.1, -0.05) is 12.1 Å². The average molecular weight is 410 g/mol. The van der Waals surface area contributed by atoms with Crippen molar-refractivity contribution in [3.63, 3.8) is 0 Å². The van der Waals surface area contributed by atoms with Crippen molar-refractivity contribution in [1.29, 1.82) is 0 Å². The smallest absolute Gasteiger partial charge is 0.292 e. The van der Waals surface area contributed by atoms with Crippen LogP contribution in [0.5, 0.6) is 0 Å². The zero-order valence-corrected chi connectivity index (χ0v) is 16.7. The molecule has 0 saturated carbocycles. The Kier molecular flexibility index (Phi) is 5.27. The van der Waals surface area contributed by atoms with Crippen LogP contribution in [0.1, 0.15) is 6.92 Å². The topological polar surface area (TPSA) is 122 Å². The maximum Gasteiger partial charge on any atom is 0.292 e. The van der Waals surface area contributed by atoms with E-state index in [0.29, 0.717) is 26.2 Å². The number of aryl methyl sites for hydroxylation is 1. The lowest BCUT2D eigenvalue weighted by Gasteiger charge is -2.38. The Hall–Kier alpha value is -3.60. The van der Waals surface area contributed by atoms with Crippen molar-refractivity contribution >= 4 is 34.1 Å². The summed E-state index contributed by atoms with van der Waals surface area (Å²) in [6, 6.07) is 5.72. The number of nitrogens with zero attached hydrogens (tertiary/aromatic N) is 7. The van der Waals surface area contributed by atoms with Crippen molar-refractivity contribution in [2.75, 3.05) is 36.4 Å². The number of carbonyl (C=O) groups is 1. The van der Waals surface area contributed by atoms with E-state index in [0.717, 1.165) is 16.9 Å². The molecule has 1 saturated heterocycles. The SMILES string of the molecule is C[C@H](C(=O)Nc1ccccc1[N+](=O)[O-])N1CCN(c2ncnc3c2cnn3C)CC1. The first kappa shape index (κ1) is 19.7. The lowest BCUT2D eigenvalue weighted by atomic mass is 10.2. The minimum absolute atomic E-state index is 0.118. The molecule has 1 amide bonds. The predicted molar refractivity (Wildman–Crippen MR) is 111 cm³/mol. The molecular weight excluding hydrogens is 388 g/mol. The van der Waals surface area contributed by atoms with Crippen LogP contribution in [-0.2, 0) is 11.8 Å². The van der Waals surface area contributed by atoms with Crippen LogP contribution in [0, 0.1) is 10.1 Å². The highest BCUT2D eigenvalue weighted by Crippen LogP contribution is 2.25. The number of amides is 1. The van der Waals surface area contributed by atoms with Gasteiger partial charge in [-0.15, -0.1) is 0 Å². The van der Waals surface area contributed by atoms with Crippen LogP contribution in [0.3, 0.4) is 0 Å². The number of rotatable bonds is 5. The first-order chi connectivity index (χ1) is 14.5. The molecule has 3 heterocycles. The van der Waals surface area contributed by atoms with Crippen LogP contribution < -0.4 is 10.2 Å². The maximum atomic E-state index is 12.7. The number of hydrogen-bond acceptors (Lipinski definition) is 8.